The summed E-state index contributed by atoms with van der Waals surface area (Å²) in [6.07, 6.45) is 0.0393. The first-order valence-corrected chi connectivity index (χ1v) is 8.43. The zero-order valence-electron chi connectivity index (χ0n) is 15.5. The number of fused-ring (bicyclic) bond motifs is 1. The minimum atomic E-state index is -0.589. The monoisotopic (exact) mass is 332 g/mol. The van der Waals surface area contributed by atoms with Gasteiger partial charge in [0.1, 0.15) is 11.6 Å². The molecule has 1 aliphatic rings. The molecular weight excluding hydrogens is 304 g/mol. The fourth-order valence-electron chi connectivity index (χ4n) is 2.86. The molecule has 24 heavy (non-hydrogen) atoms. The van der Waals surface area contributed by atoms with Gasteiger partial charge >= 0.3 is 6.09 Å². The van der Waals surface area contributed by atoms with Gasteiger partial charge in [-0.3, -0.25) is 9.69 Å². The second kappa shape index (κ2) is 6.83. The van der Waals surface area contributed by atoms with Gasteiger partial charge in [-0.15, -0.1) is 0 Å². The summed E-state index contributed by atoms with van der Waals surface area (Å²) in [5, 5.41) is 0. The van der Waals surface area contributed by atoms with Gasteiger partial charge in [0.2, 0.25) is 5.91 Å². The second-order valence-corrected chi connectivity index (χ2v) is 7.64. The van der Waals surface area contributed by atoms with E-state index in [-0.39, 0.29) is 11.9 Å². The number of rotatable bonds is 2. The summed E-state index contributed by atoms with van der Waals surface area (Å²) in [5.41, 5.74) is 1.66. The van der Waals surface area contributed by atoms with E-state index >= 15 is 0 Å². The molecule has 0 spiro atoms. The molecule has 0 N–H and O–H groups in total. The predicted octanol–water partition coefficient (Wildman–Crippen LogP) is 3.22. The summed E-state index contributed by atoms with van der Waals surface area (Å²) in [6.45, 7) is 10.0. The summed E-state index contributed by atoms with van der Waals surface area (Å²) in [5.74, 6) is -0.0328. The summed E-state index contributed by atoms with van der Waals surface area (Å²) in [6, 6.07) is 7.55. The molecular formula is C19H28N2O3. The number of carbonyl (C=O) groups excluding carboxylic acids is 2. The van der Waals surface area contributed by atoms with Crippen molar-refractivity contribution in [1.29, 1.82) is 0 Å². The van der Waals surface area contributed by atoms with Crippen molar-refractivity contribution in [2.45, 2.75) is 65.3 Å². The second-order valence-electron chi connectivity index (χ2n) is 7.64. The molecule has 0 bridgehead atoms. The van der Waals surface area contributed by atoms with Gasteiger partial charge in [0.15, 0.2) is 0 Å². The van der Waals surface area contributed by atoms with Gasteiger partial charge in [-0.1, -0.05) is 24.3 Å². The van der Waals surface area contributed by atoms with Crippen LogP contribution in [0.4, 0.5) is 4.79 Å². The molecule has 0 fully saturated rings. The number of benzene rings is 1. The van der Waals surface area contributed by atoms with E-state index in [9.17, 15) is 9.59 Å². The Balaban J connectivity index is 2.33. The highest BCUT2D eigenvalue weighted by molar-refractivity contribution is 5.86. The molecule has 5 heteroatoms. The van der Waals surface area contributed by atoms with E-state index in [4.69, 9.17) is 4.74 Å². The molecule has 1 aromatic rings. The number of nitrogens with zero attached hydrogens (tertiary/aromatic N) is 2. The predicted molar refractivity (Wildman–Crippen MR) is 93.6 cm³/mol. The van der Waals surface area contributed by atoms with Gasteiger partial charge in [0, 0.05) is 26.1 Å². The van der Waals surface area contributed by atoms with Crippen molar-refractivity contribution in [3.8, 4) is 0 Å². The van der Waals surface area contributed by atoms with Gasteiger partial charge in [0.25, 0.3) is 0 Å². The van der Waals surface area contributed by atoms with Gasteiger partial charge in [-0.2, -0.15) is 0 Å². The molecule has 1 heterocycles. The van der Waals surface area contributed by atoms with Crippen molar-refractivity contribution in [1.82, 2.24) is 9.80 Å². The summed E-state index contributed by atoms with van der Waals surface area (Å²) >= 11 is 0. The van der Waals surface area contributed by atoms with Crippen LogP contribution in [0.25, 0.3) is 0 Å². The SMILES string of the molecule is CC(C)N1Cc2ccccc2C[C@@H](N(C)C(=O)OC(C)(C)C)C1=O. The van der Waals surface area contributed by atoms with Crippen LogP contribution in [-0.2, 0) is 22.5 Å². The molecule has 2 rings (SSSR count). The zero-order chi connectivity index (χ0) is 18.1. The van der Waals surface area contributed by atoms with Crippen molar-refractivity contribution < 1.29 is 14.3 Å². The lowest BCUT2D eigenvalue weighted by Gasteiger charge is -2.33. The Bertz CT molecular complexity index is 619. The quantitative estimate of drug-likeness (QED) is 0.835. The summed E-state index contributed by atoms with van der Waals surface area (Å²) < 4.78 is 5.44. The van der Waals surface area contributed by atoms with Crippen LogP contribution in [-0.4, -0.2) is 46.5 Å². The number of hydrogen-bond donors (Lipinski definition) is 0. The number of amides is 2. The van der Waals surface area contributed by atoms with E-state index in [0.717, 1.165) is 11.1 Å². The van der Waals surface area contributed by atoms with Crippen molar-refractivity contribution >= 4 is 12.0 Å². The van der Waals surface area contributed by atoms with E-state index in [1.54, 1.807) is 7.05 Å². The fourth-order valence-corrected chi connectivity index (χ4v) is 2.86. The van der Waals surface area contributed by atoms with Gasteiger partial charge in [-0.25, -0.2) is 4.79 Å². The molecule has 1 aromatic carbocycles. The Hall–Kier alpha value is -2.04. The third kappa shape index (κ3) is 4.08. The van der Waals surface area contributed by atoms with E-state index in [1.165, 1.54) is 4.90 Å². The van der Waals surface area contributed by atoms with Crippen LogP contribution in [0.2, 0.25) is 0 Å². The van der Waals surface area contributed by atoms with Crippen molar-refractivity contribution in [2.24, 2.45) is 0 Å². The maximum Gasteiger partial charge on any atom is 0.410 e. The van der Waals surface area contributed by atoms with Gasteiger partial charge in [-0.05, 0) is 45.7 Å². The Kier molecular flexibility index (Phi) is 5.21. The van der Waals surface area contributed by atoms with Crippen LogP contribution in [0.1, 0.15) is 45.7 Å². The number of hydrogen-bond acceptors (Lipinski definition) is 3. The standard InChI is InChI=1S/C19H28N2O3/c1-13(2)21-12-15-10-8-7-9-14(15)11-16(17(21)22)20(6)18(23)24-19(3,4)5/h7-10,13,16H,11-12H2,1-6H3/t16-/m1/s1. The normalized spacial score (nSPS) is 18.2. The third-order valence-electron chi connectivity index (χ3n) is 4.21. The Morgan fingerprint density at radius 3 is 2.38 bits per heavy atom. The Morgan fingerprint density at radius 2 is 1.83 bits per heavy atom. The zero-order valence-corrected chi connectivity index (χ0v) is 15.5. The van der Waals surface area contributed by atoms with Crippen molar-refractivity contribution in [3.05, 3.63) is 35.4 Å². The highest BCUT2D eigenvalue weighted by atomic mass is 16.6. The first kappa shape index (κ1) is 18.3. The highest BCUT2D eigenvalue weighted by Crippen LogP contribution is 2.24. The van der Waals surface area contributed by atoms with Crippen LogP contribution in [0.3, 0.4) is 0 Å². The fraction of sp³-hybridized carbons (Fsp3) is 0.579. The van der Waals surface area contributed by atoms with Crippen molar-refractivity contribution in [2.75, 3.05) is 7.05 Å². The lowest BCUT2D eigenvalue weighted by molar-refractivity contribution is -0.138. The third-order valence-corrected chi connectivity index (χ3v) is 4.21. The Labute approximate surface area is 144 Å². The first-order valence-electron chi connectivity index (χ1n) is 8.43. The lowest BCUT2D eigenvalue weighted by Crippen LogP contribution is -2.51. The van der Waals surface area contributed by atoms with Crippen molar-refractivity contribution in [3.63, 3.8) is 0 Å². The maximum absolute atomic E-state index is 13.0. The number of ether oxygens (including phenoxy) is 1. The van der Waals surface area contributed by atoms with Crippen LogP contribution < -0.4 is 0 Å². The smallest absolute Gasteiger partial charge is 0.410 e. The average Bonchev–Trinajstić information content (AvgIpc) is 2.62. The van der Waals surface area contributed by atoms with Crippen LogP contribution in [0, 0.1) is 0 Å². The van der Waals surface area contributed by atoms with E-state index in [2.05, 4.69) is 0 Å². The number of carbonyl (C=O) groups is 2. The maximum atomic E-state index is 13.0. The van der Waals surface area contributed by atoms with E-state index in [0.29, 0.717) is 13.0 Å². The largest absolute Gasteiger partial charge is 0.444 e. The molecule has 0 radical (unpaired) electrons. The van der Waals surface area contributed by atoms with E-state index < -0.39 is 17.7 Å². The van der Waals surface area contributed by atoms with Crippen LogP contribution in [0.15, 0.2) is 24.3 Å². The van der Waals surface area contributed by atoms with Crippen LogP contribution >= 0.6 is 0 Å². The molecule has 1 aliphatic heterocycles. The molecule has 2 amide bonds. The molecule has 0 unspecified atom stereocenters. The summed E-state index contributed by atoms with van der Waals surface area (Å²) in [4.78, 5) is 28.7. The highest BCUT2D eigenvalue weighted by Gasteiger charge is 2.36. The molecule has 0 saturated heterocycles. The molecule has 0 saturated carbocycles. The summed E-state index contributed by atoms with van der Waals surface area (Å²) in [7, 11) is 1.64. The average molecular weight is 332 g/mol. The van der Waals surface area contributed by atoms with Gasteiger partial charge < -0.3 is 9.64 Å². The molecule has 5 nitrogen and oxygen atoms in total. The lowest BCUT2D eigenvalue weighted by atomic mass is 10.0. The number of likely N-dealkylation sites (N-methyl/N-ethyl adjacent to an activating group) is 1. The molecule has 1 atom stereocenters. The van der Waals surface area contributed by atoms with Gasteiger partial charge in [0.05, 0.1) is 0 Å². The first-order chi connectivity index (χ1) is 11.1. The minimum absolute atomic E-state index is 0.0328. The molecule has 0 aliphatic carbocycles. The molecule has 0 aromatic heterocycles. The Morgan fingerprint density at radius 1 is 1.25 bits per heavy atom. The molecule has 132 valence electrons. The topological polar surface area (TPSA) is 49.9 Å². The van der Waals surface area contributed by atoms with Crippen LogP contribution in [0.5, 0.6) is 0 Å². The minimum Gasteiger partial charge on any atom is -0.444 e. The van der Waals surface area contributed by atoms with E-state index in [1.807, 2.05) is 63.8 Å².